The van der Waals surface area contributed by atoms with Crippen molar-refractivity contribution in [1.29, 1.82) is 0 Å². The fourth-order valence-corrected chi connectivity index (χ4v) is 32.3. The predicted octanol–water partition coefficient (Wildman–Crippen LogP) is 23.4. The molecule has 0 aliphatic carbocycles. The zero-order chi connectivity index (χ0) is 89.7. The van der Waals surface area contributed by atoms with Crippen LogP contribution in [0.5, 0.6) is 0 Å². The molecule has 0 atom stereocenters. The van der Waals surface area contributed by atoms with E-state index in [0.717, 1.165) is 194 Å². The van der Waals surface area contributed by atoms with E-state index in [9.17, 15) is 0 Å². The van der Waals surface area contributed by atoms with Gasteiger partial charge in [-0.25, -0.2) is 24.9 Å². The van der Waals surface area contributed by atoms with Crippen molar-refractivity contribution in [3.63, 3.8) is 0 Å². The summed E-state index contributed by atoms with van der Waals surface area (Å²) in [5.74, 6) is 5.14. The topological polar surface area (TPSA) is 124 Å². The van der Waals surface area contributed by atoms with Crippen LogP contribution in [-0.4, -0.2) is 72.5 Å². The van der Waals surface area contributed by atoms with E-state index in [1.807, 2.05) is 6.07 Å². The third-order valence-electron chi connectivity index (χ3n) is 28.7. The maximum absolute atomic E-state index is 7.05. The van der Waals surface area contributed by atoms with Gasteiger partial charge in [-0.1, -0.05) is 334 Å². The Kier molecular flexibility index (Phi) is 16.6. The number of nitrogens with zero attached hydrogens (tertiary/aromatic N) is 12. The second kappa shape index (κ2) is 29.7. The lowest BCUT2D eigenvalue weighted by Crippen LogP contribution is -2.74. The van der Waals surface area contributed by atoms with E-state index < -0.39 is 16.1 Å². The van der Waals surface area contributed by atoms with Gasteiger partial charge in [0, 0.05) is 32.3 Å². The SMILES string of the molecule is c1ccc([Si](c2ccccc2)(c2ccc(-c3cc(-n4c5ccccc5n5c6ccccc6nc45)nc(-n4c5ccccc5n5c6cc(-c7ccc8nc9n(-c%10cc(-c%11ccc([Si](c%12ccccc%12)(c%12ccccc%12)c%12cccc%13c%12oc%12ccccc%12%13)cc%11)cc(-n%11c%12ccccc%12c%12ccccc%12%11)n%10)c%10ccccc%10n9c8c7)ccc6nc45)c3)cc2)c2ccc3oc4ccccc4c3c2)cc1. The van der Waals surface area contributed by atoms with Crippen molar-refractivity contribution in [3.8, 4) is 56.7 Å². The van der Waals surface area contributed by atoms with Gasteiger partial charge in [-0.15, -0.1) is 0 Å². The zero-order valence-corrected chi connectivity index (χ0v) is 75.6. The molecule has 18 aromatic carbocycles. The first kappa shape index (κ1) is 76.6. The van der Waals surface area contributed by atoms with Gasteiger partial charge in [0.1, 0.15) is 45.6 Å². The van der Waals surface area contributed by atoms with Gasteiger partial charge in [-0.05, 0) is 202 Å². The van der Waals surface area contributed by atoms with Crippen LogP contribution in [0.2, 0.25) is 0 Å². The van der Waals surface area contributed by atoms with Gasteiger partial charge in [-0.3, -0.25) is 31.5 Å². The molecule has 29 rings (SSSR count). The van der Waals surface area contributed by atoms with Gasteiger partial charge in [0.15, 0.2) is 16.1 Å². The Labute approximate surface area is 784 Å². The summed E-state index contributed by atoms with van der Waals surface area (Å²) in [7, 11) is -6.26. The summed E-state index contributed by atoms with van der Waals surface area (Å²) in [5.41, 5.74) is 23.2. The van der Waals surface area contributed by atoms with Crippen LogP contribution in [0.1, 0.15) is 0 Å². The first-order chi connectivity index (χ1) is 67.9. The van der Waals surface area contributed by atoms with Gasteiger partial charge in [0.05, 0.1) is 77.2 Å². The standard InChI is InChI=1S/C121H76N12O2Si2/c1-5-30-83(31-6-1)136(84-32-7-2-8-33-84,89-66-69-112-95(76-89)93-41-16-27-53-110(93)134-112)87-62-56-77(57-63-87)82-74-116(131-105-50-24-21-47-102(105)128-101-46-20-17-43-96(101)122-119(128)131)126-117(75-82)133-107-52-26-23-49-104(107)130-109-71-80(61-68-98(109)124-121(130)133)79-60-67-97-108(70-79)129-103-48-22-25-51-106(103)132(120(129)123-97)115-73-81(72-114(125-115)127-99-44-18-13-38-90(99)91-39-14-19-45-100(91)127)78-58-64-88(65-59-78)137(85-34-9-3-10-35-85,86-36-11-4-12-37-86)113-55-29-42-94-92-40-15-28-54-111(92)135-118(94)113/h1-76H. The highest BCUT2D eigenvalue weighted by Gasteiger charge is 2.45. The number of pyridine rings is 2. The summed E-state index contributed by atoms with van der Waals surface area (Å²) in [6, 6.07) is 168. The van der Waals surface area contributed by atoms with Crippen molar-refractivity contribution in [1.82, 2.24) is 56.4 Å². The van der Waals surface area contributed by atoms with Gasteiger partial charge in [0.2, 0.25) is 17.3 Å². The molecule has 137 heavy (non-hydrogen) atoms. The van der Waals surface area contributed by atoms with Crippen molar-refractivity contribution in [2.24, 2.45) is 0 Å². The molecule has 0 bridgehead atoms. The van der Waals surface area contributed by atoms with Crippen molar-refractivity contribution < 1.29 is 8.83 Å². The van der Waals surface area contributed by atoms with Crippen molar-refractivity contribution in [2.75, 3.05) is 0 Å². The molecule has 11 aromatic heterocycles. The number of imidazole rings is 6. The molecule has 0 unspecified atom stereocenters. The Morgan fingerprint density at radius 1 is 0.175 bits per heavy atom. The first-order valence-corrected chi connectivity index (χ1v) is 50.4. The van der Waals surface area contributed by atoms with Crippen molar-refractivity contribution in [2.45, 2.75) is 0 Å². The molecule has 640 valence electrons. The molecule has 0 saturated heterocycles. The Hall–Kier alpha value is -18.1. The molecule has 11 heterocycles. The number of benzene rings is 18. The summed E-state index contributed by atoms with van der Waals surface area (Å²) >= 11 is 0. The smallest absolute Gasteiger partial charge is 0.221 e. The third-order valence-corrected chi connectivity index (χ3v) is 38.3. The normalized spacial score (nSPS) is 12.4. The molecule has 14 nitrogen and oxygen atoms in total. The van der Waals surface area contributed by atoms with E-state index in [1.165, 1.54) is 41.5 Å². The lowest BCUT2D eigenvalue weighted by molar-refractivity contribution is 0.669. The van der Waals surface area contributed by atoms with Crippen LogP contribution >= 0.6 is 0 Å². The maximum atomic E-state index is 7.05. The van der Waals surface area contributed by atoms with Crippen LogP contribution < -0.4 is 41.5 Å². The highest BCUT2D eigenvalue weighted by atomic mass is 28.3. The maximum Gasteiger partial charge on any atom is 0.221 e. The third kappa shape index (κ3) is 11.3. The van der Waals surface area contributed by atoms with Crippen LogP contribution in [0.15, 0.2) is 470 Å². The first-order valence-electron chi connectivity index (χ1n) is 46.4. The number of rotatable bonds is 15. The molecular formula is C121H76N12O2Si2. The molecule has 0 N–H and O–H groups in total. The quantitative estimate of drug-likeness (QED) is 0.0739. The summed E-state index contributed by atoms with van der Waals surface area (Å²) < 4.78 is 29.5. The molecule has 0 spiro atoms. The minimum Gasteiger partial charge on any atom is -0.456 e. The lowest BCUT2D eigenvalue weighted by Gasteiger charge is -2.34. The highest BCUT2D eigenvalue weighted by molar-refractivity contribution is 7.21. The lowest BCUT2D eigenvalue weighted by atomic mass is 10.0. The van der Waals surface area contributed by atoms with Gasteiger partial charge in [0.25, 0.3) is 0 Å². The van der Waals surface area contributed by atoms with E-state index >= 15 is 0 Å². The minimum atomic E-state index is -3.17. The molecule has 0 fully saturated rings. The van der Waals surface area contributed by atoms with Gasteiger partial charge >= 0.3 is 0 Å². The van der Waals surface area contributed by atoms with Crippen LogP contribution in [0.25, 0.3) is 206 Å². The Morgan fingerprint density at radius 3 is 0.978 bits per heavy atom. The molecule has 0 radical (unpaired) electrons. The monoisotopic (exact) mass is 1780 g/mol. The number of aromatic nitrogens is 12. The predicted molar refractivity (Wildman–Crippen MR) is 564 cm³/mol. The van der Waals surface area contributed by atoms with Gasteiger partial charge < -0.3 is 8.83 Å². The fourth-order valence-electron chi connectivity index (χ4n) is 22.7. The summed E-state index contributed by atoms with van der Waals surface area (Å²) in [6.45, 7) is 0. The Bertz CT molecular complexity index is 9890. The Balaban J connectivity index is 0.587. The molecule has 0 amide bonds. The number of hydrogen-bond donors (Lipinski definition) is 0. The van der Waals surface area contributed by atoms with E-state index in [-0.39, 0.29) is 0 Å². The molecular weight excluding hydrogens is 1710 g/mol. The number of para-hydroxylation sites is 13. The van der Waals surface area contributed by atoms with E-state index in [2.05, 4.69) is 486 Å². The van der Waals surface area contributed by atoms with E-state index in [0.29, 0.717) is 11.6 Å². The van der Waals surface area contributed by atoms with E-state index in [4.69, 9.17) is 33.8 Å². The molecule has 16 heteroatoms. The summed E-state index contributed by atoms with van der Waals surface area (Å²) in [5, 5.41) is 16.7. The zero-order valence-electron chi connectivity index (χ0n) is 73.6. The molecule has 0 saturated carbocycles. The summed E-state index contributed by atoms with van der Waals surface area (Å²) in [6.07, 6.45) is 0. The largest absolute Gasteiger partial charge is 0.456 e. The van der Waals surface area contributed by atoms with Crippen LogP contribution in [0.4, 0.5) is 0 Å². The summed E-state index contributed by atoms with van der Waals surface area (Å²) in [4.78, 5) is 28.5. The van der Waals surface area contributed by atoms with E-state index in [1.54, 1.807) is 0 Å². The van der Waals surface area contributed by atoms with Gasteiger partial charge in [-0.2, -0.15) is 0 Å². The van der Waals surface area contributed by atoms with Crippen LogP contribution in [0, 0.1) is 0 Å². The van der Waals surface area contributed by atoms with Crippen LogP contribution in [-0.2, 0) is 0 Å². The molecule has 29 aromatic rings. The number of hydrogen-bond acceptors (Lipinski definition) is 7. The minimum absolute atomic E-state index is 0.696. The number of furan rings is 2. The average molecular weight is 1790 g/mol. The second-order valence-electron chi connectivity index (χ2n) is 35.8. The van der Waals surface area contributed by atoms with Crippen molar-refractivity contribution >= 4 is 207 Å². The fraction of sp³-hybridized carbons (Fsp3) is 0. The Morgan fingerprint density at radius 2 is 0.504 bits per heavy atom. The molecule has 0 aliphatic rings. The second-order valence-corrected chi connectivity index (χ2v) is 43.4. The van der Waals surface area contributed by atoms with Crippen molar-refractivity contribution in [3.05, 3.63) is 461 Å². The number of fused-ring (bicyclic) bond motifs is 24. The highest BCUT2D eigenvalue weighted by Crippen LogP contribution is 2.42. The molecule has 0 aliphatic heterocycles. The average Bonchev–Trinajstić information content (AvgIpc) is 0.987. The van der Waals surface area contributed by atoms with Crippen LogP contribution in [0.3, 0.4) is 0 Å².